The molecule has 0 unspecified atom stereocenters. The van der Waals surface area contributed by atoms with Crippen LogP contribution in [0.2, 0.25) is 0 Å². The summed E-state index contributed by atoms with van der Waals surface area (Å²) in [6.07, 6.45) is 0.959. The Hall–Kier alpha value is -2.73. The number of carbonyl (C=O) groups excluding carboxylic acids is 5. The Bertz CT molecular complexity index is 685. The van der Waals surface area contributed by atoms with E-state index in [-0.39, 0.29) is 18.8 Å². The van der Waals surface area contributed by atoms with E-state index in [1.54, 1.807) is 0 Å². The van der Waals surface area contributed by atoms with Crippen LogP contribution in [0.4, 0.5) is 0 Å². The number of aliphatic hydroxyl groups excluding tert-OH is 1. The molecule has 1 aliphatic rings. The van der Waals surface area contributed by atoms with Crippen LogP contribution in [0, 0.1) is 5.92 Å². The molecular weight excluding hydrogens is 408 g/mol. The first-order chi connectivity index (χ1) is 14.5. The van der Waals surface area contributed by atoms with Crippen LogP contribution in [0.15, 0.2) is 0 Å². The zero-order chi connectivity index (χ0) is 23.7. The summed E-state index contributed by atoms with van der Waals surface area (Å²) < 4.78 is 0. The lowest BCUT2D eigenvalue weighted by molar-refractivity contribution is -0.141. The molecule has 12 nitrogen and oxygen atoms in total. The minimum absolute atomic E-state index is 0.0743. The average Bonchev–Trinajstić information content (AvgIpc) is 3.18. The Balaban J connectivity index is 2.93. The molecule has 0 aromatic carbocycles. The molecule has 1 fully saturated rings. The van der Waals surface area contributed by atoms with Crippen LogP contribution in [0.1, 0.15) is 46.0 Å². The Kier molecular flexibility index (Phi) is 10.4. The highest BCUT2D eigenvalue weighted by Crippen LogP contribution is 2.19. The number of carbonyl (C=O) groups is 5. The third-order valence-electron chi connectivity index (χ3n) is 5.03. The lowest BCUT2D eigenvalue weighted by Gasteiger charge is -2.28. The molecule has 1 saturated heterocycles. The molecule has 0 radical (unpaired) electrons. The highest BCUT2D eigenvalue weighted by atomic mass is 16.3. The first kappa shape index (κ1) is 26.3. The molecule has 0 spiro atoms. The Morgan fingerprint density at radius 3 is 2.26 bits per heavy atom. The maximum atomic E-state index is 12.8. The van der Waals surface area contributed by atoms with Crippen LogP contribution >= 0.6 is 0 Å². The number of primary amides is 2. The van der Waals surface area contributed by atoms with Crippen molar-refractivity contribution in [1.29, 1.82) is 0 Å². The first-order valence-electron chi connectivity index (χ1n) is 10.3. The van der Waals surface area contributed by atoms with Gasteiger partial charge in [-0.2, -0.15) is 0 Å². The number of nitrogens with zero attached hydrogens (tertiary/aromatic N) is 1. The monoisotopic (exact) mass is 442 g/mol. The molecule has 0 aromatic rings. The van der Waals surface area contributed by atoms with E-state index in [1.807, 2.05) is 13.8 Å². The van der Waals surface area contributed by atoms with E-state index in [0.717, 1.165) is 0 Å². The second kappa shape index (κ2) is 12.2. The zero-order valence-corrected chi connectivity index (χ0v) is 18.0. The summed E-state index contributed by atoms with van der Waals surface area (Å²) in [5, 5.41) is 14.2. The molecule has 1 aliphatic heterocycles. The second-order valence-corrected chi connectivity index (χ2v) is 8.14. The van der Waals surface area contributed by atoms with E-state index < -0.39 is 60.3 Å². The molecular formula is C19H34N6O6. The van der Waals surface area contributed by atoms with Crippen LogP contribution in [0.5, 0.6) is 0 Å². The van der Waals surface area contributed by atoms with E-state index in [2.05, 4.69) is 10.6 Å². The molecule has 12 heteroatoms. The summed E-state index contributed by atoms with van der Waals surface area (Å²) in [5.41, 5.74) is 16.1. The van der Waals surface area contributed by atoms with Gasteiger partial charge >= 0.3 is 0 Å². The van der Waals surface area contributed by atoms with Gasteiger partial charge in [0.25, 0.3) is 0 Å². The SMILES string of the molecule is CC(C)C[C@H](NC(=O)[C@H](CCC(N)=O)NC(=O)[C@@H]1CCCN1C(=O)[C@@H](N)CO)C(N)=O. The summed E-state index contributed by atoms with van der Waals surface area (Å²) in [6.45, 7) is 3.45. The van der Waals surface area contributed by atoms with Crippen LogP contribution < -0.4 is 27.8 Å². The van der Waals surface area contributed by atoms with Crippen LogP contribution in [-0.4, -0.2) is 76.9 Å². The third-order valence-corrected chi connectivity index (χ3v) is 5.03. The molecule has 1 heterocycles. The van der Waals surface area contributed by atoms with Crippen molar-refractivity contribution in [2.75, 3.05) is 13.2 Å². The van der Waals surface area contributed by atoms with Crippen molar-refractivity contribution in [1.82, 2.24) is 15.5 Å². The van der Waals surface area contributed by atoms with Crippen molar-refractivity contribution in [2.24, 2.45) is 23.1 Å². The van der Waals surface area contributed by atoms with Crippen LogP contribution in [0.25, 0.3) is 0 Å². The number of hydrogen-bond donors (Lipinski definition) is 6. The van der Waals surface area contributed by atoms with Crippen molar-refractivity contribution in [3.05, 3.63) is 0 Å². The number of nitrogens with one attached hydrogen (secondary N) is 2. The molecule has 0 bridgehead atoms. The molecule has 31 heavy (non-hydrogen) atoms. The topological polar surface area (TPSA) is 211 Å². The molecule has 0 saturated carbocycles. The fourth-order valence-electron chi connectivity index (χ4n) is 3.41. The van der Waals surface area contributed by atoms with Crippen molar-refractivity contribution in [3.63, 3.8) is 0 Å². The fraction of sp³-hybridized carbons (Fsp3) is 0.737. The minimum atomic E-state index is -1.15. The second-order valence-electron chi connectivity index (χ2n) is 8.14. The van der Waals surface area contributed by atoms with E-state index >= 15 is 0 Å². The number of aliphatic hydroxyl groups is 1. The van der Waals surface area contributed by atoms with Gasteiger partial charge in [0.15, 0.2) is 0 Å². The normalized spacial score (nSPS) is 18.9. The highest BCUT2D eigenvalue weighted by molar-refractivity contribution is 5.95. The van der Waals surface area contributed by atoms with E-state index in [1.165, 1.54) is 4.90 Å². The first-order valence-corrected chi connectivity index (χ1v) is 10.3. The molecule has 9 N–H and O–H groups in total. The standard InChI is InChI=1S/C19H34N6O6/c1-10(2)8-13(16(22)28)24-17(29)12(5-6-15(21)27)23-18(30)14-4-3-7-25(14)19(31)11(20)9-26/h10-14,26H,3-9,20H2,1-2H3,(H2,21,27)(H2,22,28)(H,23,30)(H,24,29)/t11-,12-,13-,14-/m0/s1. The van der Waals surface area contributed by atoms with Gasteiger partial charge in [-0.25, -0.2) is 0 Å². The maximum absolute atomic E-state index is 12.8. The Morgan fingerprint density at radius 1 is 1.10 bits per heavy atom. The average molecular weight is 443 g/mol. The molecule has 0 aliphatic carbocycles. The number of amides is 5. The van der Waals surface area contributed by atoms with Gasteiger partial charge in [0, 0.05) is 13.0 Å². The van der Waals surface area contributed by atoms with Crippen molar-refractivity contribution < 1.29 is 29.1 Å². The van der Waals surface area contributed by atoms with Gasteiger partial charge < -0.3 is 37.8 Å². The van der Waals surface area contributed by atoms with Gasteiger partial charge in [-0.3, -0.25) is 24.0 Å². The molecule has 4 atom stereocenters. The number of hydrogen-bond acceptors (Lipinski definition) is 7. The van der Waals surface area contributed by atoms with Gasteiger partial charge in [-0.05, 0) is 31.6 Å². The van der Waals surface area contributed by atoms with Gasteiger partial charge in [-0.1, -0.05) is 13.8 Å². The van der Waals surface area contributed by atoms with Gasteiger partial charge in [0.1, 0.15) is 24.2 Å². The third kappa shape index (κ3) is 8.13. The number of rotatable bonds is 12. The lowest BCUT2D eigenvalue weighted by Crippen LogP contribution is -2.57. The predicted octanol–water partition coefficient (Wildman–Crippen LogP) is -2.94. The van der Waals surface area contributed by atoms with Gasteiger partial charge in [0.2, 0.25) is 29.5 Å². The summed E-state index contributed by atoms with van der Waals surface area (Å²) in [6, 6.07) is -4.10. The molecule has 5 amide bonds. The number of likely N-dealkylation sites (tertiary alicyclic amines) is 1. The van der Waals surface area contributed by atoms with Crippen molar-refractivity contribution >= 4 is 29.5 Å². The summed E-state index contributed by atoms with van der Waals surface area (Å²) in [4.78, 5) is 62.0. The summed E-state index contributed by atoms with van der Waals surface area (Å²) in [5.74, 6) is -3.14. The highest BCUT2D eigenvalue weighted by Gasteiger charge is 2.37. The quantitative estimate of drug-likeness (QED) is 0.185. The van der Waals surface area contributed by atoms with Crippen LogP contribution in [0.3, 0.4) is 0 Å². The molecule has 1 rings (SSSR count). The minimum Gasteiger partial charge on any atom is -0.394 e. The molecule has 176 valence electrons. The van der Waals surface area contributed by atoms with Gasteiger partial charge in [-0.15, -0.1) is 0 Å². The summed E-state index contributed by atoms with van der Waals surface area (Å²) in [7, 11) is 0. The Labute approximate surface area is 181 Å². The number of nitrogens with two attached hydrogens (primary N) is 3. The van der Waals surface area contributed by atoms with Crippen molar-refractivity contribution in [2.45, 2.75) is 70.1 Å². The fourth-order valence-corrected chi connectivity index (χ4v) is 3.41. The molecule has 0 aromatic heterocycles. The Morgan fingerprint density at radius 2 is 1.74 bits per heavy atom. The van der Waals surface area contributed by atoms with E-state index in [0.29, 0.717) is 25.8 Å². The lowest BCUT2D eigenvalue weighted by atomic mass is 10.0. The zero-order valence-electron chi connectivity index (χ0n) is 18.0. The summed E-state index contributed by atoms with van der Waals surface area (Å²) >= 11 is 0. The largest absolute Gasteiger partial charge is 0.394 e. The predicted molar refractivity (Wildman–Crippen MR) is 111 cm³/mol. The van der Waals surface area contributed by atoms with Gasteiger partial charge in [0.05, 0.1) is 6.61 Å². The smallest absolute Gasteiger partial charge is 0.243 e. The maximum Gasteiger partial charge on any atom is 0.243 e. The van der Waals surface area contributed by atoms with Crippen LogP contribution in [-0.2, 0) is 24.0 Å². The van der Waals surface area contributed by atoms with Crippen molar-refractivity contribution in [3.8, 4) is 0 Å². The van der Waals surface area contributed by atoms with E-state index in [9.17, 15) is 24.0 Å². The van der Waals surface area contributed by atoms with E-state index in [4.69, 9.17) is 22.3 Å².